The molecule has 2 amide bonds. The summed E-state index contributed by atoms with van der Waals surface area (Å²) in [5.74, 6) is 0.0788. The third-order valence-electron chi connectivity index (χ3n) is 4.91. The van der Waals surface area contributed by atoms with Crippen LogP contribution in [0.3, 0.4) is 0 Å². The molecule has 0 bridgehead atoms. The van der Waals surface area contributed by atoms with E-state index in [1.807, 2.05) is 12.1 Å². The van der Waals surface area contributed by atoms with Crippen LogP contribution in [0.2, 0.25) is 0 Å². The highest BCUT2D eigenvalue weighted by atomic mass is 32.2. The van der Waals surface area contributed by atoms with Crippen LogP contribution in [0.15, 0.2) is 24.3 Å². The summed E-state index contributed by atoms with van der Waals surface area (Å²) in [7, 11) is -3.22. The Morgan fingerprint density at radius 1 is 1.08 bits per heavy atom. The van der Waals surface area contributed by atoms with Crippen LogP contribution in [0.5, 0.6) is 0 Å². The van der Waals surface area contributed by atoms with Gasteiger partial charge in [0, 0.05) is 43.3 Å². The molecule has 0 saturated carbocycles. The van der Waals surface area contributed by atoms with Crippen LogP contribution in [0.4, 0.5) is 5.69 Å². The summed E-state index contributed by atoms with van der Waals surface area (Å²) in [6.07, 6.45) is 4.90. The van der Waals surface area contributed by atoms with E-state index in [2.05, 4.69) is 4.72 Å². The molecule has 0 unspecified atom stereocenters. The molecular weight excluding hydrogens is 354 g/mol. The van der Waals surface area contributed by atoms with E-state index in [1.165, 1.54) is 0 Å². The van der Waals surface area contributed by atoms with Crippen LogP contribution in [0.1, 0.15) is 42.5 Å². The average Bonchev–Trinajstić information content (AvgIpc) is 2.61. The number of amides is 2. The van der Waals surface area contributed by atoms with Crippen molar-refractivity contribution in [2.24, 2.45) is 0 Å². The van der Waals surface area contributed by atoms with Gasteiger partial charge in [-0.1, -0.05) is 0 Å². The van der Waals surface area contributed by atoms with E-state index in [0.717, 1.165) is 31.3 Å². The smallest absolute Gasteiger partial charge is 0.253 e. The molecule has 142 valence electrons. The summed E-state index contributed by atoms with van der Waals surface area (Å²) in [5.41, 5.74) is 1.43. The van der Waals surface area contributed by atoms with Gasteiger partial charge in [0.15, 0.2) is 0 Å². The minimum Gasteiger partial charge on any atom is -0.339 e. The molecule has 2 saturated heterocycles. The van der Waals surface area contributed by atoms with E-state index in [9.17, 15) is 18.0 Å². The van der Waals surface area contributed by atoms with Crippen LogP contribution in [-0.4, -0.2) is 57.1 Å². The van der Waals surface area contributed by atoms with E-state index < -0.39 is 10.0 Å². The summed E-state index contributed by atoms with van der Waals surface area (Å²) in [5, 5.41) is 0. The van der Waals surface area contributed by atoms with Gasteiger partial charge in [0.25, 0.3) is 5.91 Å². The second-order valence-electron chi connectivity index (χ2n) is 7.01. The maximum Gasteiger partial charge on any atom is 0.253 e. The molecule has 0 radical (unpaired) electrons. The Kier molecular flexibility index (Phi) is 5.62. The van der Waals surface area contributed by atoms with Crippen LogP contribution < -0.4 is 9.62 Å². The maximum absolute atomic E-state index is 12.7. The predicted molar refractivity (Wildman–Crippen MR) is 99.6 cm³/mol. The SMILES string of the molecule is CS(=O)(=O)NC1CCN(C(=O)c2ccc(N3CCCCC3=O)cc2)CC1. The molecule has 1 aromatic rings. The zero-order chi connectivity index (χ0) is 18.7. The Labute approximate surface area is 154 Å². The summed E-state index contributed by atoms with van der Waals surface area (Å²) < 4.78 is 25.2. The minimum atomic E-state index is -3.22. The van der Waals surface area contributed by atoms with E-state index in [-0.39, 0.29) is 17.9 Å². The Hall–Kier alpha value is -1.93. The molecule has 2 aliphatic heterocycles. The summed E-state index contributed by atoms with van der Waals surface area (Å²) in [6, 6.07) is 7.07. The zero-order valence-corrected chi connectivity index (χ0v) is 15.8. The number of carbonyl (C=O) groups excluding carboxylic acids is 2. The van der Waals surface area contributed by atoms with Crippen molar-refractivity contribution in [2.45, 2.75) is 38.1 Å². The Morgan fingerprint density at radius 3 is 2.31 bits per heavy atom. The Bertz CT molecular complexity index is 768. The number of likely N-dealkylation sites (tertiary alicyclic amines) is 1. The Balaban J connectivity index is 1.59. The highest BCUT2D eigenvalue weighted by molar-refractivity contribution is 7.88. The van der Waals surface area contributed by atoms with Crippen LogP contribution >= 0.6 is 0 Å². The second kappa shape index (κ2) is 7.75. The first-order valence-corrected chi connectivity index (χ1v) is 10.9. The number of sulfonamides is 1. The quantitative estimate of drug-likeness (QED) is 0.856. The largest absolute Gasteiger partial charge is 0.339 e. The first kappa shape index (κ1) is 18.8. The number of benzene rings is 1. The first-order valence-electron chi connectivity index (χ1n) is 9.00. The zero-order valence-electron chi connectivity index (χ0n) is 15.0. The molecule has 2 fully saturated rings. The number of anilines is 1. The molecule has 1 N–H and O–H groups in total. The molecule has 1 aromatic carbocycles. The van der Waals surface area contributed by atoms with Gasteiger partial charge >= 0.3 is 0 Å². The van der Waals surface area contributed by atoms with Crippen molar-refractivity contribution in [2.75, 3.05) is 30.8 Å². The number of rotatable bonds is 4. The van der Waals surface area contributed by atoms with Crippen molar-refractivity contribution >= 4 is 27.5 Å². The first-order chi connectivity index (χ1) is 12.3. The van der Waals surface area contributed by atoms with Crippen molar-refractivity contribution in [3.05, 3.63) is 29.8 Å². The van der Waals surface area contributed by atoms with Gasteiger partial charge in [0.05, 0.1) is 6.26 Å². The highest BCUT2D eigenvalue weighted by Gasteiger charge is 2.25. The van der Waals surface area contributed by atoms with Gasteiger partial charge in [0.2, 0.25) is 15.9 Å². The van der Waals surface area contributed by atoms with Gasteiger partial charge in [-0.3, -0.25) is 9.59 Å². The molecule has 3 rings (SSSR count). The van der Waals surface area contributed by atoms with Crippen LogP contribution in [0.25, 0.3) is 0 Å². The average molecular weight is 379 g/mol. The molecule has 0 spiro atoms. The fourth-order valence-corrected chi connectivity index (χ4v) is 4.39. The molecule has 2 heterocycles. The third-order valence-corrected chi connectivity index (χ3v) is 5.67. The lowest BCUT2D eigenvalue weighted by atomic mass is 10.0. The third kappa shape index (κ3) is 4.62. The number of carbonyl (C=O) groups is 2. The standard InChI is InChI=1S/C18H25N3O4S/c1-26(24,25)19-15-9-12-20(13-10-15)18(23)14-5-7-16(8-6-14)21-11-3-2-4-17(21)22/h5-8,15,19H,2-4,9-13H2,1H3. The molecule has 26 heavy (non-hydrogen) atoms. The molecule has 0 aromatic heterocycles. The lowest BCUT2D eigenvalue weighted by Crippen LogP contribution is -2.46. The molecule has 8 heteroatoms. The fourth-order valence-electron chi connectivity index (χ4n) is 3.55. The van der Waals surface area contributed by atoms with E-state index >= 15 is 0 Å². The number of piperidine rings is 2. The maximum atomic E-state index is 12.7. The summed E-state index contributed by atoms with van der Waals surface area (Å²) in [6.45, 7) is 1.78. The van der Waals surface area contributed by atoms with Gasteiger partial charge < -0.3 is 9.80 Å². The summed E-state index contributed by atoms with van der Waals surface area (Å²) >= 11 is 0. The lowest BCUT2D eigenvalue weighted by Gasteiger charge is -2.32. The predicted octanol–water partition coefficient (Wildman–Crippen LogP) is 1.36. The lowest BCUT2D eigenvalue weighted by molar-refractivity contribution is -0.119. The molecule has 2 aliphatic rings. The number of hydrogen-bond donors (Lipinski definition) is 1. The van der Waals surface area contributed by atoms with E-state index in [0.29, 0.717) is 37.9 Å². The fraction of sp³-hybridized carbons (Fsp3) is 0.556. The number of nitrogens with one attached hydrogen (secondary N) is 1. The van der Waals surface area contributed by atoms with Crippen LogP contribution in [-0.2, 0) is 14.8 Å². The van der Waals surface area contributed by atoms with Gasteiger partial charge in [-0.2, -0.15) is 0 Å². The summed E-state index contributed by atoms with van der Waals surface area (Å²) in [4.78, 5) is 28.2. The molecular formula is C18H25N3O4S. The van der Waals surface area contributed by atoms with Crippen LogP contribution in [0, 0.1) is 0 Å². The molecule has 0 aliphatic carbocycles. The van der Waals surface area contributed by atoms with E-state index in [1.54, 1.807) is 21.9 Å². The number of hydrogen-bond acceptors (Lipinski definition) is 4. The normalized spacial score (nSPS) is 19.7. The molecule has 0 atom stereocenters. The van der Waals surface area contributed by atoms with Crippen molar-refractivity contribution in [3.63, 3.8) is 0 Å². The number of nitrogens with zero attached hydrogens (tertiary/aromatic N) is 2. The van der Waals surface area contributed by atoms with Gasteiger partial charge in [-0.25, -0.2) is 13.1 Å². The van der Waals surface area contributed by atoms with Crippen molar-refractivity contribution in [1.29, 1.82) is 0 Å². The van der Waals surface area contributed by atoms with E-state index in [4.69, 9.17) is 0 Å². The minimum absolute atomic E-state index is 0.0562. The monoisotopic (exact) mass is 379 g/mol. The second-order valence-corrected chi connectivity index (χ2v) is 8.79. The Morgan fingerprint density at radius 2 is 1.73 bits per heavy atom. The molecule has 7 nitrogen and oxygen atoms in total. The highest BCUT2D eigenvalue weighted by Crippen LogP contribution is 2.22. The van der Waals surface area contributed by atoms with Gasteiger partial charge in [0.1, 0.15) is 0 Å². The van der Waals surface area contributed by atoms with Gasteiger partial charge in [-0.05, 0) is 49.9 Å². The van der Waals surface area contributed by atoms with Gasteiger partial charge in [-0.15, -0.1) is 0 Å². The van der Waals surface area contributed by atoms with Crippen molar-refractivity contribution < 1.29 is 18.0 Å². The van der Waals surface area contributed by atoms with Crippen molar-refractivity contribution in [1.82, 2.24) is 9.62 Å². The topological polar surface area (TPSA) is 86.8 Å². The van der Waals surface area contributed by atoms with Crippen molar-refractivity contribution in [3.8, 4) is 0 Å².